The van der Waals surface area contributed by atoms with Gasteiger partial charge in [0.2, 0.25) is 5.91 Å². The Balaban J connectivity index is 1.41. The fourth-order valence-corrected chi connectivity index (χ4v) is 4.56. The molecule has 4 rings (SSSR count). The smallest absolute Gasteiger partial charge is 0.294 e. The molecule has 1 fully saturated rings. The first kappa shape index (κ1) is 20.6. The minimum Gasteiger partial charge on any atom is -0.363 e. The molecule has 0 bridgehead atoms. The second kappa shape index (κ2) is 8.62. The number of nitro groups is 1. The lowest BCUT2D eigenvalue weighted by Crippen LogP contribution is -2.52. The Bertz CT molecular complexity index is 959. The molecule has 2 aliphatic rings. The van der Waals surface area contributed by atoms with Crippen molar-refractivity contribution in [1.82, 2.24) is 4.90 Å². The molecule has 0 spiro atoms. The number of piperazine rings is 1. The van der Waals surface area contributed by atoms with Crippen LogP contribution in [0, 0.1) is 10.1 Å². The molecule has 8 heteroatoms. The number of nitrogens with zero attached hydrogens (tertiary/aromatic N) is 4. The predicted octanol–water partition coefficient (Wildman–Crippen LogP) is 3.74. The van der Waals surface area contributed by atoms with Crippen LogP contribution in [0.1, 0.15) is 18.9 Å². The normalized spacial score (nSPS) is 19.5. The number of amides is 1. The SMILES string of the molecule is CC1CCc2ccccc2N1C(=O)CN1CCN(c2ccc(Cl)cc2[N+](=O)[O-])CC1. The minimum absolute atomic E-state index is 0.0192. The molecule has 158 valence electrons. The van der Waals surface area contributed by atoms with Crippen molar-refractivity contribution in [2.45, 2.75) is 25.8 Å². The Morgan fingerprint density at radius 3 is 2.60 bits per heavy atom. The monoisotopic (exact) mass is 428 g/mol. The third-order valence-electron chi connectivity index (χ3n) is 6.00. The highest BCUT2D eigenvalue weighted by molar-refractivity contribution is 6.30. The predicted molar refractivity (Wildman–Crippen MR) is 118 cm³/mol. The van der Waals surface area contributed by atoms with Gasteiger partial charge in [0.25, 0.3) is 5.69 Å². The molecule has 1 atom stereocenters. The van der Waals surface area contributed by atoms with Gasteiger partial charge in [-0.25, -0.2) is 0 Å². The van der Waals surface area contributed by atoms with E-state index in [2.05, 4.69) is 17.9 Å². The van der Waals surface area contributed by atoms with E-state index in [1.54, 1.807) is 12.1 Å². The van der Waals surface area contributed by atoms with Crippen molar-refractivity contribution in [3.05, 3.63) is 63.2 Å². The number of hydrogen-bond donors (Lipinski definition) is 0. The number of aryl methyl sites for hydroxylation is 1. The highest BCUT2D eigenvalue weighted by atomic mass is 35.5. The third kappa shape index (κ3) is 4.13. The molecule has 1 saturated heterocycles. The van der Waals surface area contributed by atoms with E-state index in [-0.39, 0.29) is 17.6 Å². The zero-order valence-corrected chi connectivity index (χ0v) is 17.7. The fraction of sp³-hybridized carbons (Fsp3) is 0.409. The molecular weight excluding hydrogens is 404 g/mol. The maximum absolute atomic E-state index is 13.1. The summed E-state index contributed by atoms with van der Waals surface area (Å²) in [5.74, 6) is 0.112. The summed E-state index contributed by atoms with van der Waals surface area (Å²) >= 11 is 5.93. The molecule has 0 N–H and O–H groups in total. The Morgan fingerprint density at radius 2 is 1.87 bits per heavy atom. The first-order valence-electron chi connectivity index (χ1n) is 10.3. The number of carbonyl (C=O) groups excluding carboxylic acids is 1. The molecule has 1 unspecified atom stereocenters. The molecule has 2 heterocycles. The van der Waals surface area contributed by atoms with Gasteiger partial charge in [0, 0.05) is 49.0 Å². The van der Waals surface area contributed by atoms with Crippen LogP contribution < -0.4 is 9.80 Å². The summed E-state index contributed by atoms with van der Waals surface area (Å²) in [4.78, 5) is 30.2. The summed E-state index contributed by atoms with van der Waals surface area (Å²) in [6.07, 6.45) is 1.97. The molecule has 0 aromatic heterocycles. The number of benzene rings is 2. The van der Waals surface area contributed by atoms with Crippen molar-refractivity contribution in [3.8, 4) is 0 Å². The standard InChI is InChI=1S/C22H25ClN4O3/c1-16-6-7-17-4-2-3-5-19(17)26(16)22(28)15-24-10-12-25(13-11-24)20-9-8-18(23)14-21(20)27(29)30/h2-5,8-9,14,16H,6-7,10-13,15H2,1H3. The molecule has 30 heavy (non-hydrogen) atoms. The Kier molecular flexibility index (Phi) is 5.92. The van der Waals surface area contributed by atoms with Crippen molar-refractivity contribution in [2.24, 2.45) is 0 Å². The minimum atomic E-state index is -0.397. The van der Waals surface area contributed by atoms with Gasteiger partial charge in [-0.15, -0.1) is 0 Å². The average molecular weight is 429 g/mol. The van der Waals surface area contributed by atoms with Crippen molar-refractivity contribution in [3.63, 3.8) is 0 Å². The van der Waals surface area contributed by atoms with Crippen LogP contribution in [0.4, 0.5) is 17.1 Å². The summed E-state index contributed by atoms with van der Waals surface area (Å²) < 4.78 is 0. The van der Waals surface area contributed by atoms with Crippen molar-refractivity contribution < 1.29 is 9.72 Å². The lowest BCUT2D eigenvalue weighted by atomic mass is 9.96. The molecule has 2 aromatic carbocycles. The molecule has 0 radical (unpaired) electrons. The lowest BCUT2D eigenvalue weighted by Gasteiger charge is -2.39. The largest absolute Gasteiger partial charge is 0.363 e. The zero-order valence-electron chi connectivity index (χ0n) is 17.0. The van der Waals surface area contributed by atoms with Gasteiger partial charge < -0.3 is 9.80 Å². The topological polar surface area (TPSA) is 69.9 Å². The molecule has 2 aliphatic heterocycles. The quantitative estimate of drug-likeness (QED) is 0.548. The number of fused-ring (bicyclic) bond motifs is 1. The Labute approximate surface area is 181 Å². The number of carbonyl (C=O) groups is 1. The maximum atomic E-state index is 13.1. The second-order valence-electron chi connectivity index (χ2n) is 7.93. The highest BCUT2D eigenvalue weighted by Gasteiger charge is 2.30. The van der Waals surface area contributed by atoms with Gasteiger partial charge >= 0.3 is 0 Å². The number of anilines is 2. The maximum Gasteiger partial charge on any atom is 0.294 e. The molecular formula is C22H25ClN4O3. The number of nitro benzene ring substituents is 1. The average Bonchev–Trinajstić information content (AvgIpc) is 2.74. The van der Waals surface area contributed by atoms with Crippen molar-refractivity contribution >= 4 is 34.6 Å². The van der Waals surface area contributed by atoms with Gasteiger partial charge in [0.1, 0.15) is 5.69 Å². The summed E-state index contributed by atoms with van der Waals surface area (Å²) in [6.45, 7) is 5.06. The van der Waals surface area contributed by atoms with Crippen LogP contribution in [-0.2, 0) is 11.2 Å². The number of rotatable bonds is 4. The van der Waals surface area contributed by atoms with Crippen LogP contribution in [-0.4, -0.2) is 54.5 Å². The van der Waals surface area contributed by atoms with Gasteiger partial charge in [0.15, 0.2) is 0 Å². The van der Waals surface area contributed by atoms with Crippen molar-refractivity contribution in [1.29, 1.82) is 0 Å². The van der Waals surface area contributed by atoms with E-state index < -0.39 is 4.92 Å². The van der Waals surface area contributed by atoms with E-state index in [1.807, 2.05) is 28.0 Å². The molecule has 1 amide bonds. The number of para-hydroxylation sites is 1. The summed E-state index contributed by atoms with van der Waals surface area (Å²) in [6, 6.07) is 13.1. The first-order chi connectivity index (χ1) is 14.4. The Hall–Kier alpha value is -2.64. The van der Waals surface area contributed by atoms with E-state index in [9.17, 15) is 14.9 Å². The lowest BCUT2D eigenvalue weighted by molar-refractivity contribution is -0.384. The van der Waals surface area contributed by atoms with Gasteiger partial charge in [-0.2, -0.15) is 0 Å². The molecule has 2 aromatic rings. The summed E-state index contributed by atoms with van der Waals surface area (Å²) in [5, 5.41) is 11.7. The molecule has 7 nitrogen and oxygen atoms in total. The third-order valence-corrected chi connectivity index (χ3v) is 6.23. The van der Waals surface area contributed by atoms with E-state index in [0.717, 1.165) is 18.5 Å². The van der Waals surface area contributed by atoms with Crippen molar-refractivity contribution in [2.75, 3.05) is 42.5 Å². The summed E-state index contributed by atoms with van der Waals surface area (Å²) in [7, 11) is 0. The van der Waals surface area contributed by atoms with Crippen LogP contribution in [0.3, 0.4) is 0 Å². The molecule has 0 aliphatic carbocycles. The van der Waals surface area contributed by atoms with Crippen LogP contribution in [0.2, 0.25) is 5.02 Å². The van der Waals surface area contributed by atoms with Crippen LogP contribution in [0.15, 0.2) is 42.5 Å². The number of halogens is 1. The van der Waals surface area contributed by atoms with E-state index >= 15 is 0 Å². The van der Waals surface area contributed by atoms with Crippen LogP contribution >= 0.6 is 11.6 Å². The second-order valence-corrected chi connectivity index (χ2v) is 8.37. The number of hydrogen-bond acceptors (Lipinski definition) is 5. The van der Waals surface area contributed by atoms with Gasteiger partial charge in [-0.05, 0) is 43.5 Å². The van der Waals surface area contributed by atoms with Gasteiger partial charge in [-0.1, -0.05) is 29.8 Å². The zero-order chi connectivity index (χ0) is 21.3. The highest BCUT2D eigenvalue weighted by Crippen LogP contribution is 2.32. The van der Waals surface area contributed by atoms with Gasteiger partial charge in [-0.3, -0.25) is 19.8 Å². The van der Waals surface area contributed by atoms with E-state index in [1.165, 1.54) is 11.6 Å². The van der Waals surface area contributed by atoms with Crippen LogP contribution in [0.5, 0.6) is 0 Å². The fourth-order valence-electron chi connectivity index (χ4n) is 4.39. The molecule has 0 saturated carbocycles. The Morgan fingerprint density at radius 1 is 1.13 bits per heavy atom. The van der Waals surface area contributed by atoms with Crippen LogP contribution in [0.25, 0.3) is 0 Å². The van der Waals surface area contributed by atoms with E-state index in [4.69, 9.17) is 11.6 Å². The summed E-state index contributed by atoms with van der Waals surface area (Å²) in [5.41, 5.74) is 2.85. The van der Waals surface area contributed by atoms with E-state index in [0.29, 0.717) is 43.4 Å². The van der Waals surface area contributed by atoms with Gasteiger partial charge in [0.05, 0.1) is 11.5 Å². The first-order valence-corrected chi connectivity index (χ1v) is 10.6.